The summed E-state index contributed by atoms with van der Waals surface area (Å²) in [6.45, 7) is 10.6. The number of nitrogens with zero attached hydrogens (tertiary/aromatic N) is 6. The zero-order chi connectivity index (χ0) is 23.4. The molecule has 0 bridgehead atoms. The molecule has 33 heavy (non-hydrogen) atoms. The fourth-order valence-electron chi connectivity index (χ4n) is 3.50. The zero-order valence-corrected chi connectivity index (χ0v) is 19.6. The average Bonchev–Trinajstić information content (AvgIpc) is 3.60. The molecule has 0 saturated carbocycles. The summed E-state index contributed by atoms with van der Waals surface area (Å²) < 4.78 is 3.91. The van der Waals surface area contributed by atoms with Crippen molar-refractivity contribution in [2.45, 2.75) is 39.8 Å². The minimum Gasteiger partial charge on any atom is -0.342 e. The van der Waals surface area contributed by atoms with Crippen molar-refractivity contribution in [3.63, 3.8) is 0 Å². The van der Waals surface area contributed by atoms with Crippen LogP contribution in [0.5, 0.6) is 0 Å². The van der Waals surface area contributed by atoms with E-state index in [-0.39, 0.29) is 11.9 Å². The van der Waals surface area contributed by atoms with Gasteiger partial charge in [-0.2, -0.15) is 5.10 Å². The Balaban J connectivity index is 1.71. The minimum atomic E-state index is -0.330. The molecule has 1 atom stereocenters. The van der Waals surface area contributed by atoms with Gasteiger partial charge in [0.05, 0.1) is 28.4 Å². The van der Waals surface area contributed by atoms with Gasteiger partial charge in [0.1, 0.15) is 12.2 Å². The number of hydrogen-bond donors (Lipinski definition) is 2. The molecule has 0 saturated heterocycles. The highest BCUT2D eigenvalue weighted by Crippen LogP contribution is 2.30. The van der Waals surface area contributed by atoms with Crippen LogP contribution in [-0.2, 0) is 17.8 Å². The lowest BCUT2D eigenvalue weighted by atomic mass is 10.2. The van der Waals surface area contributed by atoms with Crippen LogP contribution < -0.4 is 5.32 Å². The van der Waals surface area contributed by atoms with Gasteiger partial charge in [-0.05, 0) is 39.0 Å². The molecular formula is C23H26N8OS. The topological polar surface area (TPSA) is 106 Å². The molecule has 170 valence electrons. The number of aryl methyl sites for hydroxylation is 2. The highest BCUT2D eigenvalue weighted by Gasteiger charge is 2.18. The van der Waals surface area contributed by atoms with Crippen molar-refractivity contribution in [1.82, 2.24) is 39.8 Å². The van der Waals surface area contributed by atoms with Gasteiger partial charge in [-0.1, -0.05) is 12.7 Å². The number of carbonyl (C=O) groups is 1. The maximum Gasteiger partial charge on any atom is 0.253 e. The molecule has 0 aliphatic rings. The van der Waals surface area contributed by atoms with Crippen LogP contribution in [0, 0.1) is 6.92 Å². The number of hydrogen-bond acceptors (Lipinski definition) is 6. The predicted molar refractivity (Wildman–Crippen MR) is 128 cm³/mol. The van der Waals surface area contributed by atoms with Crippen LogP contribution in [0.3, 0.4) is 0 Å². The Bertz CT molecular complexity index is 1280. The molecule has 0 spiro atoms. The number of thiophene rings is 1. The molecule has 10 heteroatoms. The molecule has 0 aliphatic carbocycles. The summed E-state index contributed by atoms with van der Waals surface area (Å²) in [5.41, 5.74) is 2.38. The van der Waals surface area contributed by atoms with Gasteiger partial charge < -0.3 is 14.9 Å². The highest BCUT2D eigenvalue weighted by atomic mass is 32.1. The van der Waals surface area contributed by atoms with Gasteiger partial charge in [0.2, 0.25) is 0 Å². The number of nitrogens with one attached hydrogen (secondary N) is 2. The summed E-state index contributed by atoms with van der Waals surface area (Å²) in [6.07, 6.45) is 9.03. The van der Waals surface area contributed by atoms with Crippen molar-refractivity contribution in [3.05, 3.63) is 77.4 Å². The number of rotatable bonds is 9. The number of carbonyl (C=O) groups excluding carboxylic acids is 1. The number of imidazole rings is 1. The summed E-state index contributed by atoms with van der Waals surface area (Å²) in [4.78, 5) is 22.9. The third-order valence-corrected chi connectivity index (χ3v) is 6.28. The Morgan fingerprint density at radius 3 is 2.88 bits per heavy atom. The van der Waals surface area contributed by atoms with E-state index in [4.69, 9.17) is 4.98 Å². The Hall–Kier alpha value is -3.79. The molecule has 1 amide bonds. The monoisotopic (exact) mass is 462 g/mol. The van der Waals surface area contributed by atoms with Gasteiger partial charge in [-0.15, -0.1) is 21.5 Å². The van der Waals surface area contributed by atoms with Crippen molar-refractivity contribution in [1.29, 1.82) is 0 Å². The second-order valence-electron chi connectivity index (χ2n) is 7.51. The SMILES string of the molecule is C=C/C(=C\n1c(-c2ccc(C)s2)cnc1Cc1ccnn1CC)C(=O)N[C@@H](C)c1nnc[nH]1. The van der Waals surface area contributed by atoms with Gasteiger partial charge in [0.25, 0.3) is 5.91 Å². The first-order valence-corrected chi connectivity index (χ1v) is 11.5. The van der Waals surface area contributed by atoms with Crippen LogP contribution >= 0.6 is 11.3 Å². The third-order valence-electron chi connectivity index (χ3n) is 5.25. The van der Waals surface area contributed by atoms with Crippen LogP contribution in [0.4, 0.5) is 0 Å². The molecule has 4 aromatic rings. The van der Waals surface area contributed by atoms with E-state index in [0.717, 1.165) is 28.6 Å². The van der Waals surface area contributed by atoms with Crippen molar-refractivity contribution < 1.29 is 4.79 Å². The van der Waals surface area contributed by atoms with Crippen molar-refractivity contribution in [2.24, 2.45) is 0 Å². The normalized spacial score (nSPS) is 12.6. The fraction of sp³-hybridized carbons (Fsp3) is 0.261. The molecule has 2 N–H and O–H groups in total. The molecule has 0 radical (unpaired) electrons. The van der Waals surface area contributed by atoms with E-state index in [1.54, 1.807) is 29.8 Å². The molecule has 4 heterocycles. The van der Waals surface area contributed by atoms with Crippen molar-refractivity contribution in [2.75, 3.05) is 0 Å². The maximum atomic E-state index is 13.0. The van der Waals surface area contributed by atoms with Gasteiger partial charge >= 0.3 is 0 Å². The number of H-pyrrole nitrogens is 1. The Morgan fingerprint density at radius 1 is 1.36 bits per heavy atom. The first kappa shape index (κ1) is 22.4. The highest BCUT2D eigenvalue weighted by molar-refractivity contribution is 7.15. The summed E-state index contributed by atoms with van der Waals surface area (Å²) >= 11 is 1.68. The number of aromatic amines is 1. The first-order valence-electron chi connectivity index (χ1n) is 10.6. The van der Waals surface area contributed by atoms with Gasteiger partial charge in [-0.3, -0.25) is 9.48 Å². The fourth-order valence-corrected chi connectivity index (χ4v) is 4.38. The number of amides is 1. The minimum absolute atomic E-state index is 0.263. The lowest BCUT2D eigenvalue weighted by molar-refractivity contribution is -0.117. The van der Waals surface area contributed by atoms with E-state index in [9.17, 15) is 4.79 Å². The molecule has 0 aliphatic heterocycles. The van der Waals surface area contributed by atoms with E-state index in [0.29, 0.717) is 17.8 Å². The zero-order valence-electron chi connectivity index (χ0n) is 18.8. The van der Waals surface area contributed by atoms with Gasteiger partial charge in [0, 0.05) is 35.9 Å². The Morgan fingerprint density at radius 2 is 2.21 bits per heavy atom. The van der Waals surface area contributed by atoms with Gasteiger partial charge in [0.15, 0.2) is 5.82 Å². The largest absolute Gasteiger partial charge is 0.342 e. The second kappa shape index (κ2) is 9.78. The molecule has 4 rings (SSSR count). The third kappa shape index (κ3) is 4.85. The van der Waals surface area contributed by atoms with Crippen LogP contribution in [0.1, 0.15) is 42.1 Å². The standard InChI is InChI=1S/C23H26N8OS/c1-5-17(23(32)28-16(4)22-25-14-26-29-22)13-30-19(20-8-7-15(3)33-20)12-24-21(30)11-18-9-10-27-31(18)6-2/h5,7-10,12-14,16H,1,6,11H2,2-4H3,(H,28,32)(H,25,26,29)/b17-13+/t16-/m0/s1. The van der Waals surface area contributed by atoms with Crippen molar-refractivity contribution in [3.8, 4) is 10.6 Å². The summed E-state index contributed by atoms with van der Waals surface area (Å²) in [5, 5.41) is 15.0. The quantitative estimate of drug-likeness (QED) is 0.291. The van der Waals surface area contributed by atoms with E-state index >= 15 is 0 Å². The predicted octanol–water partition coefficient (Wildman–Crippen LogP) is 3.75. The Kier molecular flexibility index (Phi) is 6.64. The van der Waals surface area contributed by atoms with E-state index in [1.165, 1.54) is 11.2 Å². The van der Waals surface area contributed by atoms with Crippen LogP contribution in [0.25, 0.3) is 16.8 Å². The van der Waals surface area contributed by atoms with E-state index in [2.05, 4.69) is 58.2 Å². The second-order valence-corrected chi connectivity index (χ2v) is 8.80. The first-order chi connectivity index (χ1) is 16.0. The van der Waals surface area contributed by atoms with E-state index < -0.39 is 0 Å². The van der Waals surface area contributed by atoms with Crippen LogP contribution in [0.2, 0.25) is 0 Å². The molecule has 0 aromatic carbocycles. The molecule has 0 unspecified atom stereocenters. The lowest BCUT2D eigenvalue weighted by Crippen LogP contribution is -2.28. The van der Waals surface area contributed by atoms with Crippen LogP contribution in [0.15, 0.2) is 55.1 Å². The number of aromatic nitrogens is 7. The van der Waals surface area contributed by atoms with Crippen LogP contribution in [-0.4, -0.2) is 40.4 Å². The Labute approximate surface area is 195 Å². The smallest absolute Gasteiger partial charge is 0.253 e. The molecule has 0 fully saturated rings. The average molecular weight is 463 g/mol. The summed E-state index contributed by atoms with van der Waals surface area (Å²) in [7, 11) is 0. The lowest BCUT2D eigenvalue weighted by Gasteiger charge is -2.13. The molecule has 4 aromatic heterocycles. The molecular weight excluding hydrogens is 436 g/mol. The van der Waals surface area contributed by atoms with Gasteiger partial charge in [-0.25, -0.2) is 4.98 Å². The molecule has 9 nitrogen and oxygen atoms in total. The van der Waals surface area contributed by atoms with Crippen molar-refractivity contribution >= 4 is 23.4 Å². The van der Waals surface area contributed by atoms with E-state index in [1.807, 2.05) is 28.4 Å². The maximum absolute atomic E-state index is 13.0. The summed E-state index contributed by atoms with van der Waals surface area (Å²) in [5.74, 6) is 1.12. The summed E-state index contributed by atoms with van der Waals surface area (Å²) in [6, 6.07) is 5.80.